The van der Waals surface area contributed by atoms with Crippen molar-refractivity contribution in [2.24, 2.45) is 0 Å². The summed E-state index contributed by atoms with van der Waals surface area (Å²) in [4.78, 5) is 24.1. The van der Waals surface area contributed by atoms with Gasteiger partial charge in [0.25, 0.3) is 5.91 Å². The van der Waals surface area contributed by atoms with E-state index in [4.69, 9.17) is 9.84 Å². The van der Waals surface area contributed by atoms with Gasteiger partial charge in [0.2, 0.25) is 0 Å². The Morgan fingerprint density at radius 2 is 1.90 bits per heavy atom. The van der Waals surface area contributed by atoms with Crippen LogP contribution in [0.2, 0.25) is 0 Å². The number of carboxylic acids is 1. The number of hydrogen-bond donors (Lipinski definition) is 1. The number of amides is 1. The predicted molar refractivity (Wildman–Crippen MR) is 80.5 cm³/mol. The molecule has 0 saturated carbocycles. The Bertz CT molecular complexity index is 497. The molecule has 21 heavy (non-hydrogen) atoms. The van der Waals surface area contributed by atoms with Gasteiger partial charge in [0.05, 0.1) is 0 Å². The van der Waals surface area contributed by atoms with Crippen molar-refractivity contribution >= 4 is 11.9 Å². The van der Waals surface area contributed by atoms with Crippen molar-refractivity contribution in [1.29, 1.82) is 0 Å². The second-order valence-corrected chi connectivity index (χ2v) is 5.52. The molecule has 0 saturated heterocycles. The molecule has 0 aromatic heterocycles. The number of carbonyl (C=O) groups is 2. The SMILES string of the molecule is CC(C)c1cccc(OCC(=O)N(CC(=O)O)C(C)C)c1. The minimum atomic E-state index is -1.03. The summed E-state index contributed by atoms with van der Waals surface area (Å²) in [7, 11) is 0. The third-order valence-corrected chi connectivity index (χ3v) is 3.14. The average molecular weight is 293 g/mol. The summed E-state index contributed by atoms with van der Waals surface area (Å²) >= 11 is 0. The first-order chi connectivity index (χ1) is 9.81. The normalized spacial score (nSPS) is 10.8. The van der Waals surface area contributed by atoms with Crippen molar-refractivity contribution in [3.8, 4) is 5.75 Å². The molecular formula is C16H23NO4. The molecule has 0 spiro atoms. The van der Waals surface area contributed by atoms with Crippen molar-refractivity contribution in [2.75, 3.05) is 13.2 Å². The lowest BCUT2D eigenvalue weighted by molar-refractivity contribution is -0.146. The fraction of sp³-hybridized carbons (Fsp3) is 0.500. The Morgan fingerprint density at radius 1 is 1.24 bits per heavy atom. The first-order valence-corrected chi connectivity index (χ1v) is 7.05. The second kappa shape index (κ2) is 7.67. The van der Waals surface area contributed by atoms with Gasteiger partial charge in [-0.05, 0) is 37.5 Å². The van der Waals surface area contributed by atoms with Gasteiger partial charge in [-0.25, -0.2) is 0 Å². The minimum absolute atomic E-state index is 0.160. The third-order valence-electron chi connectivity index (χ3n) is 3.14. The zero-order valence-electron chi connectivity index (χ0n) is 13.0. The Kier molecular flexibility index (Phi) is 6.21. The van der Waals surface area contributed by atoms with E-state index in [-0.39, 0.29) is 25.1 Å². The molecule has 1 rings (SSSR count). The molecular weight excluding hydrogens is 270 g/mol. The molecule has 116 valence electrons. The van der Waals surface area contributed by atoms with E-state index in [1.807, 2.05) is 18.2 Å². The maximum Gasteiger partial charge on any atom is 0.323 e. The van der Waals surface area contributed by atoms with Crippen LogP contribution in [-0.2, 0) is 9.59 Å². The maximum atomic E-state index is 12.0. The van der Waals surface area contributed by atoms with Crippen LogP contribution in [0.5, 0.6) is 5.75 Å². The molecule has 1 N–H and O–H groups in total. The fourth-order valence-electron chi connectivity index (χ4n) is 1.90. The van der Waals surface area contributed by atoms with Gasteiger partial charge in [-0.15, -0.1) is 0 Å². The number of benzene rings is 1. The highest BCUT2D eigenvalue weighted by Gasteiger charge is 2.20. The van der Waals surface area contributed by atoms with Crippen LogP contribution in [0.4, 0.5) is 0 Å². The van der Waals surface area contributed by atoms with Crippen molar-refractivity contribution in [1.82, 2.24) is 4.90 Å². The molecule has 0 atom stereocenters. The first kappa shape index (κ1) is 17.0. The van der Waals surface area contributed by atoms with E-state index < -0.39 is 5.97 Å². The van der Waals surface area contributed by atoms with Crippen LogP contribution in [0.3, 0.4) is 0 Å². The molecule has 5 heteroatoms. The van der Waals surface area contributed by atoms with Crippen LogP contribution >= 0.6 is 0 Å². The van der Waals surface area contributed by atoms with E-state index in [1.54, 1.807) is 19.9 Å². The summed E-state index contributed by atoms with van der Waals surface area (Å²) < 4.78 is 5.49. The van der Waals surface area contributed by atoms with Crippen LogP contribution in [0.25, 0.3) is 0 Å². The van der Waals surface area contributed by atoms with Gasteiger partial charge < -0.3 is 14.7 Å². The Hall–Kier alpha value is -2.04. The van der Waals surface area contributed by atoms with Crippen LogP contribution in [0.1, 0.15) is 39.2 Å². The standard InChI is InChI=1S/C16H23NO4/c1-11(2)13-6-5-7-14(8-13)21-10-15(18)17(12(3)4)9-16(19)20/h5-8,11-12H,9-10H2,1-4H3,(H,19,20). The van der Waals surface area contributed by atoms with E-state index in [0.717, 1.165) is 5.56 Å². The van der Waals surface area contributed by atoms with Crippen molar-refractivity contribution in [3.63, 3.8) is 0 Å². The fourth-order valence-corrected chi connectivity index (χ4v) is 1.90. The number of rotatable bonds is 7. The van der Waals surface area contributed by atoms with E-state index in [0.29, 0.717) is 11.7 Å². The van der Waals surface area contributed by atoms with Crippen LogP contribution in [0.15, 0.2) is 24.3 Å². The Balaban J connectivity index is 2.66. The number of carboxylic acid groups (broad SMARTS) is 1. The van der Waals surface area contributed by atoms with Gasteiger partial charge in [0, 0.05) is 6.04 Å². The largest absolute Gasteiger partial charge is 0.484 e. The average Bonchev–Trinajstić information content (AvgIpc) is 2.42. The maximum absolute atomic E-state index is 12.0. The van der Waals surface area contributed by atoms with E-state index in [9.17, 15) is 9.59 Å². The number of nitrogens with zero attached hydrogens (tertiary/aromatic N) is 1. The molecule has 5 nitrogen and oxygen atoms in total. The van der Waals surface area contributed by atoms with E-state index in [1.165, 1.54) is 4.90 Å². The summed E-state index contributed by atoms with van der Waals surface area (Å²) in [6, 6.07) is 7.39. The Labute approximate surface area is 125 Å². The highest BCUT2D eigenvalue weighted by Crippen LogP contribution is 2.20. The van der Waals surface area contributed by atoms with Crippen molar-refractivity contribution in [2.45, 2.75) is 39.7 Å². The number of carbonyl (C=O) groups excluding carboxylic acids is 1. The molecule has 0 bridgehead atoms. The predicted octanol–water partition coefficient (Wildman–Crippen LogP) is 2.51. The van der Waals surface area contributed by atoms with Gasteiger partial charge in [-0.3, -0.25) is 9.59 Å². The van der Waals surface area contributed by atoms with Gasteiger partial charge in [-0.1, -0.05) is 26.0 Å². The molecule has 1 amide bonds. The molecule has 0 unspecified atom stereocenters. The first-order valence-electron chi connectivity index (χ1n) is 7.05. The molecule has 0 aliphatic carbocycles. The van der Waals surface area contributed by atoms with Gasteiger partial charge in [-0.2, -0.15) is 0 Å². The van der Waals surface area contributed by atoms with Crippen LogP contribution in [-0.4, -0.2) is 41.1 Å². The van der Waals surface area contributed by atoms with E-state index >= 15 is 0 Å². The molecule has 1 aromatic rings. The van der Waals surface area contributed by atoms with Gasteiger partial charge in [0.1, 0.15) is 12.3 Å². The van der Waals surface area contributed by atoms with Gasteiger partial charge >= 0.3 is 5.97 Å². The second-order valence-electron chi connectivity index (χ2n) is 5.52. The summed E-state index contributed by atoms with van der Waals surface area (Å²) in [6.07, 6.45) is 0. The summed E-state index contributed by atoms with van der Waals surface area (Å²) in [5.74, 6) is -0.363. The Morgan fingerprint density at radius 3 is 2.43 bits per heavy atom. The lowest BCUT2D eigenvalue weighted by Crippen LogP contribution is -2.43. The van der Waals surface area contributed by atoms with Crippen molar-refractivity contribution in [3.05, 3.63) is 29.8 Å². The van der Waals surface area contributed by atoms with E-state index in [2.05, 4.69) is 13.8 Å². The molecule has 1 aromatic carbocycles. The smallest absolute Gasteiger partial charge is 0.323 e. The van der Waals surface area contributed by atoms with Gasteiger partial charge in [0.15, 0.2) is 6.61 Å². The number of ether oxygens (including phenoxy) is 1. The molecule has 0 radical (unpaired) electrons. The third kappa shape index (κ3) is 5.45. The molecule has 0 fully saturated rings. The quantitative estimate of drug-likeness (QED) is 0.839. The lowest BCUT2D eigenvalue weighted by Gasteiger charge is -2.24. The minimum Gasteiger partial charge on any atom is -0.484 e. The molecule has 0 heterocycles. The zero-order valence-corrected chi connectivity index (χ0v) is 13.0. The summed E-state index contributed by atoms with van der Waals surface area (Å²) in [5.41, 5.74) is 1.13. The topological polar surface area (TPSA) is 66.8 Å². The van der Waals surface area contributed by atoms with Crippen LogP contribution in [0, 0.1) is 0 Å². The highest BCUT2D eigenvalue weighted by molar-refractivity contribution is 5.82. The molecule has 0 aliphatic rings. The number of aliphatic carboxylic acids is 1. The lowest BCUT2D eigenvalue weighted by atomic mass is 10.0. The highest BCUT2D eigenvalue weighted by atomic mass is 16.5. The monoisotopic (exact) mass is 293 g/mol. The van der Waals surface area contributed by atoms with Crippen LogP contribution < -0.4 is 4.74 Å². The summed E-state index contributed by atoms with van der Waals surface area (Å²) in [6.45, 7) is 7.24. The van der Waals surface area contributed by atoms with Crippen molar-refractivity contribution < 1.29 is 19.4 Å². The molecule has 0 aliphatic heterocycles. The zero-order chi connectivity index (χ0) is 16.0. The summed E-state index contributed by atoms with van der Waals surface area (Å²) in [5, 5.41) is 8.83. The number of hydrogen-bond acceptors (Lipinski definition) is 3.